The van der Waals surface area contributed by atoms with E-state index >= 15 is 0 Å². The van der Waals surface area contributed by atoms with Gasteiger partial charge in [-0.25, -0.2) is 0 Å². The molecule has 0 saturated carbocycles. The molecule has 0 radical (unpaired) electrons. The maximum absolute atomic E-state index is 2.44. The molecule has 0 atom stereocenters. The van der Waals surface area contributed by atoms with Crippen molar-refractivity contribution in [2.24, 2.45) is 0 Å². The highest BCUT2D eigenvalue weighted by Crippen LogP contribution is 2.49. The molecule has 0 unspecified atom stereocenters. The number of benzene rings is 9. The van der Waals surface area contributed by atoms with Crippen molar-refractivity contribution in [2.75, 3.05) is 4.90 Å². The van der Waals surface area contributed by atoms with E-state index in [1.165, 1.54) is 80.8 Å². The first-order valence-electron chi connectivity index (χ1n) is 17.8. The van der Waals surface area contributed by atoms with Crippen LogP contribution in [0.15, 0.2) is 200 Å². The Morgan fingerprint density at radius 1 is 0.346 bits per heavy atom. The minimum absolute atomic E-state index is 1.12. The number of nitrogens with zero attached hydrogens (tertiary/aromatic N) is 1. The predicted octanol–water partition coefficient (Wildman–Crippen LogP) is 14.8. The standard InChI is InChI=1S/C50H33NS/c1-3-13-34(14-4-1)35-25-27-36(28-26-35)37-29-31-40(32-30-37)51(39-17-5-2-6-18-39)47-33-46-49-44(42-22-11-16-38-15-7-8-19-41(38)42)23-12-24-48(49)52-50(46)45-21-10-9-20-43(45)47/h1-33H. The van der Waals surface area contributed by atoms with Crippen molar-refractivity contribution in [1.29, 1.82) is 0 Å². The molecule has 10 rings (SSSR count). The fourth-order valence-electron chi connectivity index (χ4n) is 7.79. The third-order valence-electron chi connectivity index (χ3n) is 10.3. The summed E-state index contributed by atoms with van der Waals surface area (Å²) in [6.07, 6.45) is 0. The van der Waals surface area contributed by atoms with Gasteiger partial charge in [-0.15, -0.1) is 11.3 Å². The van der Waals surface area contributed by atoms with Crippen molar-refractivity contribution in [3.63, 3.8) is 0 Å². The summed E-state index contributed by atoms with van der Waals surface area (Å²) in [5, 5.41) is 7.64. The number of thiophene rings is 1. The van der Waals surface area contributed by atoms with Gasteiger partial charge >= 0.3 is 0 Å². The second-order valence-electron chi connectivity index (χ2n) is 13.3. The largest absolute Gasteiger partial charge is 0.310 e. The number of anilines is 3. The summed E-state index contributed by atoms with van der Waals surface area (Å²) in [7, 11) is 0. The Hall–Kier alpha value is -6.48. The van der Waals surface area contributed by atoms with E-state index < -0.39 is 0 Å². The van der Waals surface area contributed by atoms with E-state index in [1.54, 1.807) is 0 Å². The van der Waals surface area contributed by atoms with Crippen LogP contribution in [0.5, 0.6) is 0 Å². The van der Waals surface area contributed by atoms with Crippen molar-refractivity contribution in [3.8, 4) is 33.4 Å². The van der Waals surface area contributed by atoms with E-state index in [1.807, 2.05) is 11.3 Å². The first-order chi connectivity index (χ1) is 25.8. The van der Waals surface area contributed by atoms with Crippen LogP contribution in [-0.4, -0.2) is 0 Å². The third kappa shape index (κ3) is 5.16. The highest BCUT2D eigenvalue weighted by atomic mass is 32.1. The lowest BCUT2D eigenvalue weighted by Crippen LogP contribution is -2.10. The molecule has 1 nitrogen and oxygen atoms in total. The van der Waals surface area contributed by atoms with Crippen LogP contribution in [0.2, 0.25) is 0 Å². The van der Waals surface area contributed by atoms with Crippen molar-refractivity contribution >= 4 is 70.1 Å². The van der Waals surface area contributed by atoms with E-state index in [9.17, 15) is 0 Å². The van der Waals surface area contributed by atoms with Crippen LogP contribution in [0, 0.1) is 0 Å². The van der Waals surface area contributed by atoms with E-state index in [4.69, 9.17) is 0 Å². The zero-order chi connectivity index (χ0) is 34.4. The molecule has 0 saturated heterocycles. The van der Waals surface area contributed by atoms with Crippen LogP contribution in [0.4, 0.5) is 17.1 Å². The van der Waals surface area contributed by atoms with E-state index in [2.05, 4.69) is 205 Å². The number of hydrogen-bond donors (Lipinski definition) is 0. The summed E-state index contributed by atoms with van der Waals surface area (Å²) < 4.78 is 2.63. The molecule has 0 spiro atoms. The normalized spacial score (nSPS) is 11.5. The minimum Gasteiger partial charge on any atom is -0.310 e. The molecule has 0 amide bonds. The van der Waals surface area contributed by atoms with Crippen molar-refractivity contribution in [3.05, 3.63) is 200 Å². The Morgan fingerprint density at radius 2 is 0.865 bits per heavy atom. The topological polar surface area (TPSA) is 3.24 Å². The summed E-state index contributed by atoms with van der Waals surface area (Å²) in [4.78, 5) is 2.42. The van der Waals surface area contributed by atoms with Gasteiger partial charge in [0, 0.05) is 42.3 Å². The fourth-order valence-corrected chi connectivity index (χ4v) is 9.04. The summed E-state index contributed by atoms with van der Waals surface area (Å²) in [6.45, 7) is 0. The van der Waals surface area contributed by atoms with Crippen molar-refractivity contribution < 1.29 is 0 Å². The van der Waals surface area contributed by atoms with Gasteiger partial charge in [0.15, 0.2) is 0 Å². The molecule has 0 aliphatic heterocycles. The van der Waals surface area contributed by atoms with Gasteiger partial charge in [0.05, 0.1) is 5.69 Å². The first kappa shape index (κ1) is 30.4. The van der Waals surface area contributed by atoms with Crippen LogP contribution in [0.3, 0.4) is 0 Å². The second-order valence-corrected chi connectivity index (χ2v) is 14.3. The first-order valence-corrected chi connectivity index (χ1v) is 18.6. The minimum atomic E-state index is 1.12. The van der Waals surface area contributed by atoms with Gasteiger partial charge < -0.3 is 4.90 Å². The van der Waals surface area contributed by atoms with E-state index in [-0.39, 0.29) is 0 Å². The van der Waals surface area contributed by atoms with E-state index in [0.29, 0.717) is 0 Å². The Morgan fingerprint density at radius 3 is 1.60 bits per heavy atom. The monoisotopic (exact) mass is 679 g/mol. The molecule has 2 heteroatoms. The molecule has 0 bridgehead atoms. The molecule has 52 heavy (non-hydrogen) atoms. The lowest BCUT2D eigenvalue weighted by molar-refractivity contribution is 1.30. The van der Waals surface area contributed by atoms with Crippen LogP contribution >= 0.6 is 11.3 Å². The zero-order valence-corrected chi connectivity index (χ0v) is 29.2. The average Bonchev–Trinajstić information content (AvgIpc) is 3.61. The lowest BCUT2D eigenvalue weighted by Gasteiger charge is -2.27. The molecule has 244 valence electrons. The van der Waals surface area contributed by atoms with Crippen molar-refractivity contribution in [2.45, 2.75) is 0 Å². The molecule has 0 aliphatic rings. The second kappa shape index (κ2) is 12.7. The Balaban J connectivity index is 1.16. The average molecular weight is 680 g/mol. The molecular formula is C50H33NS. The predicted molar refractivity (Wildman–Crippen MR) is 225 cm³/mol. The molecule has 0 N–H and O–H groups in total. The van der Waals surface area contributed by atoms with E-state index in [0.717, 1.165) is 11.4 Å². The molecule has 10 aromatic rings. The smallest absolute Gasteiger partial charge is 0.0547 e. The number of fused-ring (bicyclic) bond motifs is 6. The lowest BCUT2D eigenvalue weighted by atomic mass is 9.94. The molecule has 0 fully saturated rings. The Bertz CT molecular complexity index is 2870. The number of hydrogen-bond acceptors (Lipinski definition) is 2. The molecule has 9 aromatic carbocycles. The van der Waals surface area contributed by atoms with Gasteiger partial charge in [-0.1, -0.05) is 164 Å². The van der Waals surface area contributed by atoms with Gasteiger partial charge in [-0.2, -0.15) is 0 Å². The van der Waals surface area contributed by atoms with Gasteiger partial charge in [-0.3, -0.25) is 0 Å². The number of para-hydroxylation sites is 1. The maximum Gasteiger partial charge on any atom is 0.0547 e. The SMILES string of the molecule is c1ccc(-c2ccc(-c3ccc(N(c4ccccc4)c4cc5c(sc6cccc(-c7cccc8ccccc78)c65)c5ccccc45)cc3)cc2)cc1. The van der Waals surface area contributed by atoms with Crippen LogP contribution in [-0.2, 0) is 0 Å². The van der Waals surface area contributed by atoms with Gasteiger partial charge in [-0.05, 0) is 80.6 Å². The molecule has 1 heterocycles. The zero-order valence-electron chi connectivity index (χ0n) is 28.4. The van der Waals surface area contributed by atoms with Crippen molar-refractivity contribution in [1.82, 2.24) is 0 Å². The van der Waals surface area contributed by atoms with Gasteiger partial charge in [0.25, 0.3) is 0 Å². The third-order valence-corrected chi connectivity index (χ3v) is 11.5. The number of rotatable bonds is 6. The quantitative estimate of drug-likeness (QED) is 0.169. The maximum atomic E-state index is 2.44. The Kier molecular flexibility index (Phi) is 7.41. The molecular weight excluding hydrogens is 647 g/mol. The highest BCUT2D eigenvalue weighted by molar-refractivity contribution is 7.26. The van der Waals surface area contributed by atoms with Gasteiger partial charge in [0.1, 0.15) is 0 Å². The van der Waals surface area contributed by atoms with Gasteiger partial charge in [0.2, 0.25) is 0 Å². The van der Waals surface area contributed by atoms with Crippen LogP contribution in [0.25, 0.3) is 75.1 Å². The molecule has 0 aliphatic carbocycles. The van der Waals surface area contributed by atoms with Crippen LogP contribution < -0.4 is 4.90 Å². The van der Waals surface area contributed by atoms with Crippen LogP contribution in [0.1, 0.15) is 0 Å². The summed E-state index contributed by atoms with van der Waals surface area (Å²) in [5.74, 6) is 0. The Labute approximate surface area is 307 Å². The fraction of sp³-hybridized carbons (Fsp3) is 0. The summed E-state index contributed by atoms with van der Waals surface area (Å²) in [6, 6.07) is 72.8. The molecule has 1 aromatic heterocycles. The summed E-state index contributed by atoms with van der Waals surface area (Å²) in [5.41, 5.74) is 10.8. The summed E-state index contributed by atoms with van der Waals surface area (Å²) >= 11 is 1.90. The highest BCUT2D eigenvalue weighted by Gasteiger charge is 2.21.